The zero-order valence-corrected chi connectivity index (χ0v) is 12.4. The van der Waals surface area contributed by atoms with Gasteiger partial charge >= 0.3 is 5.97 Å². The Morgan fingerprint density at radius 1 is 1.38 bits per heavy atom. The minimum atomic E-state index is -0.871. The molecule has 2 rings (SSSR count). The van der Waals surface area contributed by atoms with Gasteiger partial charge in [0, 0.05) is 0 Å². The van der Waals surface area contributed by atoms with E-state index >= 15 is 0 Å². The van der Waals surface area contributed by atoms with Crippen molar-refractivity contribution < 1.29 is 19.4 Å². The molecule has 4 nitrogen and oxygen atoms in total. The molecule has 0 amide bonds. The minimum Gasteiger partial charge on any atom is -0.465 e. The Balaban J connectivity index is 1.89. The van der Waals surface area contributed by atoms with Gasteiger partial charge in [-0.2, -0.15) is 0 Å². The monoisotopic (exact) mass is 290 g/mol. The molecule has 1 unspecified atom stereocenters. The van der Waals surface area contributed by atoms with Crippen LogP contribution in [0.4, 0.5) is 0 Å². The maximum absolute atomic E-state index is 12.1. The predicted molar refractivity (Wildman–Crippen MR) is 79.5 cm³/mol. The zero-order valence-electron chi connectivity index (χ0n) is 12.4. The van der Waals surface area contributed by atoms with E-state index in [2.05, 4.69) is 6.58 Å². The summed E-state index contributed by atoms with van der Waals surface area (Å²) in [6.07, 6.45) is 0.0781. The Bertz CT molecular complexity index is 487. The molecular weight excluding hydrogens is 268 g/mol. The second kappa shape index (κ2) is 6.87. The van der Waals surface area contributed by atoms with Gasteiger partial charge < -0.3 is 14.6 Å². The Morgan fingerprint density at radius 2 is 2.05 bits per heavy atom. The molecule has 114 valence electrons. The summed E-state index contributed by atoms with van der Waals surface area (Å²) in [6.45, 7) is 6.45. The molecule has 1 fully saturated rings. The standard InChI is InChI=1S/C17H22O4/c1-3-21-16(19)17(9-13(2)10-17)15(18)12-20-11-14-7-5-4-6-8-14/h4-8,15,18H,2-3,9-12H2,1H3. The van der Waals surface area contributed by atoms with E-state index in [0.29, 0.717) is 26.1 Å². The highest BCUT2D eigenvalue weighted by Crippen LogP contribution is 2.48. The van der Waals surface area contributed by atoms with Crippen LogP contribution in [0.3, 0.4) is 0 Å². The van der Waals surface area contributed by atoms with E-state index in [9.17, 15) is 9.90 Å². The molecule has 0 aliphatic heterocycles. The summed E-state index contributed by atoms with van der Waals surface area (Å²) in [6, 6.07) is 9.72. The molecule has 0 heterocycles. The summed E-state index contributed by atoms with van der Waals surface area (Å²) in [5, 5.41) is 10.3. The maximum atomic E-state index is 12.1. The highest BCUT2D eigenvalue weighted by molar-refractivity contribution is 5.80. The van der Waals surface area contributed by atoms with Crippen LogP contribution in [-0.4, -0.2) is 30.4 Å². The first-order chi connectivity index (χ1) is 10.1. The number of aliphatic hydroxyl groups excluding tert-OH is 1. The van der Waals surface area contributed by atoms with E-state index in [0.717, 1.165) is 11.1 Å². The van der Waals surface area contributed by atoms with Crippen molar-refractivity contribution in [2.45, 2.75) is 32.5 Å². The lowest BCUT2D eigenvalue weighted by Crippen LogP contribution is -2.51. The van der Waals surface area contributed by atoms with Crippen LogP contribution in [0, 0.1) is 5.41 Å². The predicted octanol–water partition coefficient (Wildman–Crippen LogP) is 2.46. The van der Waals surface area contributed by atoms with E-state index in [1.54, 1.807) is 6.92 Å². The molecule has 0 aromatic heterocycles. The van der Waals surface area contributed by atoms with Crippen molar-refractivity contribution in [1.82, 2.24) is 0 Å². The third-order valence-corrected chi connectivity index (χ3v) is 3.84. The van der Waals surface area contributed by atoms with Gasteiger partial charge in [-0.05, 0) is 25.3 Å². The Hall–Kier alpha value is -1.65. The van der Waals surface area contributed by atoms with Crippen molar-refractivity contribution in [1.29, 1.82) is 0 Å². The number of ether oxygens (including phenoxy) is 2. The van der Waals surface area contributed by atoms with E-state index < -0.39 is 11.5 Å². The van der Waals surface area contributed by atoms with Crippen molar-refractivity contribution in [2.75, 3.05) is 13.2 Å². The third kappa shape index (κ3) is 3.52. The second-order valence-electron chi connectivity index (χ2n) is 5.50. The molecule has 1 aliphatic rings. The minimum absolute atomic E-state index is 0.112. The van der Waals surface area contributed by atoms with Crippen LogP contribution in [0.1, 0.15) is 25.3 Å². The summed E-state index contributed by atoms with van der Waals surface area (Å²) >= 11 is 0. The maximum Gasteiger partial charge on any atom is 0.315 e. The van der Waals surface area contributed by atoms with Crippen LogP contribution in [0.15, 0.2) is 42.5 Å². The largest absolute Gasteiger partial charge is 0.465 e. The highest BCUT2D eigenvalue weighted by Gasteiger charge is 2.53. The molecule has 1 aliphatic carbocycles. The molecule has 1 atom stereocenters. The topological polar surface area (TPSA) is 55.8 Å². The highest BCUT2D eigenvalue weighted by atomic mass is 16.5. The van der Waals surface area contributed by atoms with Crippen LogP contribution < -0.4 is 0 Å². The zero-order chi connectivity index (χ0) is 15.3. The summed E-state index contributed by atoms with van der Waals surface area (Å²) < 4.78 is 10.6. The lowest BCUT2D eigenvalue weighted by atomic mass is 9.62. The fourth-order valence-corrected chi connectivity index (χ4v) is 2.65. The van der Waals surface area contributed by atoms with Crippen molar-refractivity contribution in [2.24, 2.45) is 5.41 Å². The van der Waals surface area contributed by atoms with Gasteiger partial charge in [-0.3, -0.25) is 4.79 Å². The van der Waals surface area contributed by atoms with Gasteiger partial charge in [0.2, 0.25) is 0 Å². The van der Waals surface area contributed by atoms with Gasteiger partial charge in [-0.25, -0.2) is 0 Å². The number of aliphatic hydroxyl groups is 1. The average molecular weight is 290 g/mol. The van der Waals surface area contributed by atoms with Crippen molar-refractivity contribution in [3.63, 3.8) is 0 Å². The average Bonchev–Trinajstić information content (AvgIpc) is 2.45. The number of rotatable bonds is 7. The molecule has 1 aromatic carbocycles. The van der Waals surface area contributed by atoms with Crippen molar-refractivity contribution >= 4 is 5.97 Å². The Kier molecular flexibility index (Phi) is 5.15. The Morgan fingerprint density at radius 3 is 2.62 bits per heavy atom. The lowest BCUT2D eigenvalue weighted by Gasteiger charge is -2.44. The third-order valence-electron chi connectivity index (χ3n) is 3.84. The number of allylic oxidation sites excluding steroid dienone is 1. The van der Waals surface area contributed by atoms with Gasteiger partial charge in [0.15, 0.2) is 0 Å². The van der Waals surface area contributed by atoms with Crippen LogP contribution in [-0.2, 0) is 20.9 Å². The second-order valence-corrected chi connectivity index (χ2v) is 5.50. The fourth-order valence-electron chi connectivity index (χ4n) is 2.65. The van der Waals surface area contributed by atoms with Crippen LogP contribution in [0.5, 0.6) is 0 Å². The molecule has 1 saturated carbocycles. The molecule has 4 heteroatoms. The first kappa shape index (κ1) is 15.7. The van der Waals surface area contributed by atoms with E-state index in [4.69, 9.17) is 9.47 Å². The SMILES string of the molecule is C=C1CC(C(=O)OCC)(C(O)COCc2ccccc2)C1. The molecule has 21 heavy (non-hydrogen) atoms. The fraction of sp³-hybridized carbons (Fsp3) is 0.471. The molecule has 1 N–H and O–H groups in total. The first-order valence-electron chi connectivity index (χ1n) is 7.22. The molecule has 0 radical (unpaired) electrons. The Labute approximate surface area is 125 Å². The summed E-state index contributed by atoms with van der Waals surface area (Å²) in [5.41, 5.74) is 1.13. The van der Waals surface area contributed by atoms with Gasteiger partial charge in [0.25, 0.3) is 0 Å². The smallest absolute Gasteiger partial charge is 0.315 e. The lowest BCUT2D eigenvalue weighted by molar-refractivity contribution is -0.171. The number of carbonyl (C=O) groups is 1. The summed E-state index contributed by atoms with van der Waals surface area (Å²) in [5.74, 6) is -0.354. The van der Waals surface area contributed by atoms with Crippen LogP contribution in [0.2, 0.25) is 0 Å². The molecule has 0 saturated heterocycles. The van der Waals surface area contributed by atoms with E-state index in [1.165, 1.54) is 0 Å². The quantitative estimate of drug-likeness (QED) is 0.619. The molecule has 0 spiro atoms. The number of carbonyl (C=O) groups excluding carboxylic acids is 1. The van der Waals surface area contributed by atoms with Crippen molar-refractivity contribution in [3.8, 4) is 0 Å². The first-order valence-corrected chi connectivity index (χ1v) is 7.22. The summed E-state index contributed by atoms with van der Waals surface area (Å²) in [7, 11) is 0. The van der Waals surface area contributed by atoms with Gasteiger partial charge in [0.05, 0.1) is 25.9 Å². The number of hydrogen-bond donors (Lipinski definition) is 1. The van der Waals surface area contributed by atoms with Crippen LogP contribution >= 0.6 is 0 Å². The molecule has 0 bridgehead atoms. The molecular formula is C17H22O4. The van der Waals surface area contributed by atoms with Crippen LogP contribution in [0.25, 0.3) is 0 Å². The normalized spacial score (nSPS) is 17.9. The number of hydrogen-bond acceptors (Lipinski definition) is 4. The molecule has 1 aromatic rings. The van der Waals surface area contributed by atoms with Gasteiger partial charge in [-0.15, -0.1) is 0 Å². The number of esters is 1. The van der Waals surface area contributed by atoms with Gasteiger partial charge in [0.1, 0.15) is 5.41 Å². The van der Waals surface area contributed by atoms with E-state index in [1.807, 2.05) is 30.3 Å². The van der Waals surface area contributed by atoms with E-state index in [-0.39, 0.29) is 12.6 Å². The van der Waals surface area contributed by atoms with Gasteiger partial charge in [-0.1, -0.05) is 42.5 Å². The van der Waals surface area contributed by atoms with Crippen molar-refractivity contribution in [3.05, 3.63) is 48.0 Å². The number of benzene rings is 1. The summed E-state index contributed by atoms with van der Waals surface area (Å²) in [4.78, 5) is 12.1.